The fourth-order valence-electron chi connectivity index (χ4n) is 2.41. The first-order valence-electron chi connectivity index (χ1n) is 6.93. The smallest absolute Gasteiger partial charge is 0.323 e. The number of para-hydroxylation sites is 1. The van der Waals surface area contributed by atoms with E-state index in [0.717, 1.165) is 16.9 Å². The largest absolute Gasteiger partial charge is 0.480 e. The number of fused-ring (bicyclic) bond motifs is 1. The van der Waals surface area contributed by atoms with Crippen LogP contribution in [0, 0.1) is 0 Å². The lowest BCUT2D eigenvalue weighted by Gasteiger charge is -2.20. The molecule has 22 heavy (non-hydrogen) atoms. The van der Waals surface area contributed by atoms with Crippen LogP contribution in [0.5, 0.6) is 0 Å². The van der Waals surface area contributed by atoms with Gasteiger partial charge in [-0.2, -0.15) is 0 Å². The highest BCUT2D eigenvalue weighted by Gasteiger charge is 2.24. The van der Waals surface area contributed by atoms with E-state index < -0.39 is 5.97 Å². The molecule has 2 aromatic rings. The molecule has 0 saturated heterocycles. The van der Waals surface area contributed by atoms with E-state index in [2.05, 4.69) is 0 Å². The summed E-state index contributed by atoms with van der Waals surface area (Å²) < 4.78 is 5.39. The summed E-state index contributed by atoms with van der Waals surface area (Å²) in [4.78, 5) is 26.8. The SMILES string of the molecule is O=C(O)CN(C(=O)c1cc2c(s1)CCOC2)c1ccccc1. The number of amides is 1. The number of rotatable bonds is 4. The maximum atomic E-state index is 12.7. The number of thiophene rings is 1. The van der Waals surface area contributed by atoms with Gasteiger partial charge in [0, 0.05) is 17.0 Å². The van der Waals surface area contributed by atoms with Gasteiger partial charge in [0.2, 0.25) is 0 Å². The molecule has 0 atom stereocenters. The van der Waals surface area contributed by atoms with Gasteiger partial charge in [-0.25, -0.2) is 0 Å². The number of nitrogens with zero attached hydrogens (tertiary/aromatic N) is 1. The van der Waals surface area contributed by atoms with Crippen molar-refractivity contribution in [1.82, 2.24) is 0 Å². The molecule has 0 radical (unpaired) electrons. The van der Waals surface area contributed by atoms with E-state index in [-0.39, 0.29) is 12.5 Å². The third kappa shape index (κ3) is 3.03. The molecule has 5 nitrogen and oxygen atoms in total. The van der Waals surface area contributed by atoms with Crippen molar-refractivity contribution in [3.63, 3.8) is 0 Å². The van der Waals surface area contributed by atoms with Crippen LogP contribution in [0.15, 0.2) is 36.4 Å². The molecule has 6 heteroatoms. The molecule has 0 fully saturated rings. The lowest BCUT2D eigenvalue weighted by Crippen LogP contribution is -2.35. The van der Waals surface area contributed by atoms with E-state index >= 15 is 0 Å². The summed E-state index contributed by atoms with van der Waals surface area (Å²) in [6, 6.07) is 10.7. The summed E-state index contributed by atoms with van der Waals surface area (Å²) >= 11 is 1.43. The average molecular weight is 317 g/mol. The Labute approximate surface area is 131 Å². The van der Waals surface area contributed by atoms with E-state index in [9.17, 15) is 9.59 Å². The van der Waals surface area contributed by atoms with Gasteiger partial charge in [-0.1, -0.05) is 18.2 Å². The topological polar surface area (TPSA) is 66.8 Å². The molecule has 1 aliphatic heterocycles. The van der Waals surface area contributed by atoms with Crippen LogP contribution in [0.4, 0.5) is 5.69 Å². The highest BCUT2D eigenvalue weighted by molar-refractivity contribution is 7.14. The highest BCUT2D eigenvalue weighted by Crippen LogP contribution is 2.29. The third-order valence-corrected chi connectivity index (χ3v) is 4.67. The quantitative estimate of drug-likeness (QED) is 0.941. The minimum Gasteiger partial charge on any atom is -0.480 e. The molecule has 0 unspecified atom stereocenters. The number of carbonyl (C=O) groups is 2. The molecule has 0 aliphatic carbocycles. The molecule has 1 aliphatic rings. The van der Waals surface area contributed by atoms with E-state index in [1.54, 1.807) is 24.3 Å². The Balaban J connectivity index is 1.92. The first kappa shape index (κ1) is 14.7. The van der Waals surface area contributed by atoms with Gasteiger partial charge in [0.25, 0.3) is 5.91 Å². The number of carboxylic acids is 1. The molecule has 1 amide bonds. The number of aliphatic carboxylic acids is 1. The van der Waals surface area contributed by atoms with Gasteiger partial charge in [0.05, 0.1) is 18.1 Å². The minimum atomic E-state index is -1.04. The fraction of sp³-hybridized carbons (Fsp3) is 0.250. The Morgan fingerprint density at radius 2 is 2.05 bits per heavy atom. The Hall–Kier alpha value is -2.18. The summed E-state index contributed by atoms with van der Waals surface area (Å²) in [5.41, 5.74) is 1.61. The van der Waals surface area contributed by atoms with Crippen molar-refractivity contribution < 1.29 is 19.4 Å². The van der Waals surface area contributed by atoms with Gasteiger partial charge in [-0.05, 0) is 23.8 Å². The molecule has 0 bridgehead atoms. The van der Waals surface area contributed by atoms with Crippen LogP contribution in [0.1, 0.15) is 20.1 Å². The Morgan fingerprint density at radius 3 is 2.73 bits per heavy atom. The lowest BCUT2D eigenvalue weighted by atomic mass is 10.2. The maximum Gasteiger partial charge on any atom is 0.323 e. The first-order chi connectivity index (χ1) is 10.6. The third-order valence-electron chi connectivity index (χ3n) is 3.44. The number of benzene rings is 1. The normalized spacial score (nSPS) is 13.5. The second kappa shape index (κ2) is 6.29. The van der Waals surface area contributed by atoms with Gasteiger partial charge < -0.3 is 9.84 Å². The van der Waals surface area contributed by atoms with E-state index in [1.807, 2.05) is 12.1 Å². The monoisotopic (exact) mass is 317 g/mol. The predicted octanol–water partition coefficient (Wildman–Crippen LogP) is 2.55. The molecular weight excluding hydrogens is 302 g/mol. The van der Waals surface area contributed by atoms with E-state index in [4.69, 9.17) is 9.84 Å². The van der Waals surface area contributed by atoms with Crippen molar-refractivity contribution in [2.24, 2.45) is 0 Å². The maximum absolute atomic E-state index is 12.7. The highest BCUT2D eigenvalue weighted by atomic mass is 32.1. The molecule has 1 aromatic carbocycles. The number of ether oxygens (including phenoxy) is 1. The van der Waals surface area contributed by atoms with Crippen LogP contribution in [-0.2, 0) is 22.6 Å². The summed E-state index contributed by atoms with van der Waals surface area (Å²) in [5.74, 6) is -1.32. The van der Waals surface area contributed by atoms with Crippen LogP contribution in [0.2, 0.25) is 0 Å². The van der Waals surface area contributed by atoms with Crippen LogP contribution < -0.4 is 4.90 Å². The average Bonchev–Trinajstić information content (AvgIpc) is 2.96. The van der Waals surface area contributed by atoms with Gasteiger partial charge >= 0.3 is 5.97 Å². The summed E-state index contributed by atoms with van der Waals surface area (Å²) in [6.07, 6.45) is 0.803. The molecule has 3 rings (SSSR count). The van der Waals surface area contributed by atoms with Crippen molar-refractivity contribution >= 4 is 28.9 Å². The van der Waals surface area contributed by atoms with Crippen LogP contribution in [0.3, 0.4) is 0 Å². The molecule has 0 spiro atoms. The standard InChI is InChI=1S/C16H15NO4S/c18-15(19)9-17(12-4-2-1-3-5-12)16(20)14-8-11-10-21-7-6-13(11)22-14/h1-5,8H,6-7,9-10H2,(H,18,19). The zero-order valence-electron chi connectivity index (χ0n) is 11.8. The van der Waals surface area contributed by atoms with Crippen molar-refractivity contribution in [2.75, 3.05) is 18.1 Å². The molecule has 1 aromatic heterocycles. The zero-order chi connectivity index (χ0) is 15.5. The Bertz CT molecular complexity index is 672. The molecule has 0 saturated carbocycles. The Kier molecular flexibility index (Phi) is 4.22. The summed E-state index contributed by atoms with van der Waals surface area (Å²) in [7, 11) is 0. The first-order valence-corrected chi connectivity index (χ1v) is 7.75. The van der Waals surface area contributed by atoms with Crippen molar-refractivity contribution in [1.29, 1.82) is 0 Å². The molecule has 1 N–H and O–H groups in total. The second-order valence-electron chi connectivity index (χ2n) is 4.98. The van der Waals surface area contributed by atoms with Crippen molar-refractivity contribution in [3.05, 3.63) is 51.7 Å². The molecular formula is C16H15NO4S. The van der Waals surface area contributed by atoms with E-state index in [0.29, 0.717) is 23.8 Å². The number of carboxylic acid groups (broad SMARTS) is 1. The summed E-state index contributed by atoms with van der Waals surface area (Å²) in [6.45, 7) is 0.823. The Morgan fingerprint density at radius 1 is 1.27 bits per heavy atom. The number of hydrogen-bond acceptors (Lipinski definition) is 4. The second-order valence-corrected chi connectivity index (χ2v) is 6.12. The number of hydrogen-bond donors (Lipinski definition) is 1. The van der Waals surface area contributed by atoms with E-state index in [1.165, 1.54) is 16.2 Å². The molecule has 114 valence electrons. The van der Waals surface area contributed by atoms with Crippen molar-refractivity contribution in [3.8, 4) is 0 Å². The fourth-order valence-corrected chi connectivity index (χ4v) is 3.51. The van der Waals surface area contributed by atoms with Crippen LogP contribution >= 0.6 is 11.3 Å². The van der Waals surface area contributed by atoms with Gasteiger partial charge in [0.15, 0.2) is 0 Å². The predicted molar refractivity (Wildman–Crippen MR) is 83.4 cm³/mol. The van der Waals surface area contributed by atoms with Gasteiger partial charge in [-0.15, -0.1) is 11.3 Å². The number of carbonyl (C=O) groups excluding carboxylic acids is 1. The minimum absolute atomic E-state index is 0.284. The van der Waals surface area contributed by atoms with Gasteiger partial charge in [0.1, 0.15) is 6.54 Å². The molecule has 2 heterocycles. The lowest BCUT2D eigenvalue weighted by molar-refractivity contribution is -0.135. The zero-order valence-corrected chi connectivity index (χ0v) is 12.6. The van der Waals surface area contributed by atoms with Crippen molar-refractivity contribution in [2.45, 2.75) is 13.0 Å². The summed E-state index contributed by atoms with van der Waals surface area (Å²) in [5, 5.41) is 9.09. The van der Waals surface area contributed by atoms with Crippen LogP contribution in [0.25, 0.3) is 0 Å². The van der Waals surface area contributed by atoms with Gasteiger partial charge in [-0.3, -0.25) is 14.5 Å². The van der Waals surface area contributed by atoms with Crippen LogP contribution in [-0.4, -0.2) is 30.1 Å². The number of anilines is 1.